The third-order valence-electron chi connectivity index (χ3n) is 7.38. The second-order valence-corrected chi connectivity index (χ2v) is 9.91. The van der Waals surface area contributed by atoms with Gasteiger partial charge in [0, 0.05) is 11.1 Å². The number of ether oxygens (including phenoxy) is 2. The number of carbonyl (C=O) groups is 1. The topological polar surface area (TPSA) is 106 Å². The summed E-state index contributed by atoms with van der Waals surface area (Å²) in [6.45, 7) is 7.83. The van der Waals surface area contributed by atoms with Crippen LogP contribution < -0.4 is 20.1 Å². The van der Waals surface area contributed by atoms with E-state index in [1.165, 1.54) is 0 Å². The summed E-state index contributed by atoms with van der Waals surface area (Å²) < 4.78 is 13.4. The zero-order valence-corrected chi connectivity index (χ0v) is 20.7. The summed E-state index contributed by atoms with van der Waals surface area (Å²) in [6.07, 6.45) is 2.06. The number of amides is 1. The number of allylic oxidation sites excluding steroid dienone is 1. The van der Waals surface area contributed by atoms with E-state index in [0.717, 1.165) is 22.5 Å². The lowest BCUT2D eigenvalue weighted by molar-refractivity contribution is -0.121. The number of benzene rings is 2. The fraction of sp³-hybridized carbons (Fsp3) is 0.250. The van der Waals surface area contributed by atoms with E-state index >= 15 is 0 Å². The number of aromatic nitrogens is 2. The molecule has 0 radical (unpaired) electrons. The number of para-hydroxylation sites is 1. The minimum atomic E-state index is -1.53. The second kappa shape index (κ2) is 7.01. The molecule has 0 aliphatic carbocycles. The largest absolute Gasteiger partial charge is 0.497 e. The van der Waals surface area contributed by atoms with E-state index in [-0.39, 0.29) is 17.4 Å². The molecule has 8 heteroatoms. The Morgan fingerprint density at radius 2 is 1.89 bits per heavy atom. The fourth-order valence-electron chi connectivity index (χ4n) is 6.02. The molecule has 1 unspecified atom stereocenters. The predicted molar refractivity (Wildman–Crippen MR) is 135 cm³/mol. The van der Waals surface area contributed by atoms with Gasteiger partial charge in [-0.05, 0) is 57.5 Å². The number of aryl methyl sites for hydroxylation is 1. The summed E-state index contributed by atoms with van der Waals surface area (Å²) >= 11 is 0. The number of hydrogen-bond acceptors (Lipinski definition) is 6. The Labute approximate surface area is 208 Å². The van der Waals surface area contributed by atoms with E-state index in [1.54, 1.807) is 16.7 Å². The van der Waals surface area contributed by atoms with Gasteiger partial charge in [0.25, 0.3) is 0 Å². The molecule has 0 saturated carbocycles. The number of hydrogen-bond donors (Lipinski definition) is 1. The molecular weight excluding hydrogens is 454 g/mol. The van der Waals surface area contributed by atoms with E-state index in [0.29, 0.717) is 28.5 Å². The molecule has 2 aromatic carbocycles. The van der Waals surface area contributed by atoms with Crippen LogP contribution in [0.3, 0.4) is 0 Å². The van der Waals surface area contributed by atoms with Crippen LogP contribution in [0.5, 0.6) is 11.6 Å². The van der Waals surface area contributed by atoms with Gasteiger partial charge in [0.1, 0.15) is 22.8 Å². The van der Waals surface area contributed by atoms with Gasteiger partial charge in [0.2, 0.25) is 17.7 Å². The van der Waals surface area contributed by atoms with Crippen molar-refractivity contribution in [2.45, 2.75) is 38.6 Å². The fourth-order valence-corrected chi connectivity index (χ4v) is 6.02. The molecule has 3 aromatic rings. The van der Waals surface area contributed by atoms with Crippen molar-refractivity contribution in [3.8, 4) is 23.4 Å². The minimum absolute atomic E-state index is 0.0500. The highest BCUT2D eigenvalue weighted by Crippen LogP contribution is 2.61. The average molecular weight is 480 g/mol. The van der Waals surface area contributed by atoms with Crippen LogP contribution in [-0.2, 0) is 10.2 Å². The van der Waals surface area contributed by atoms with Crippen molar-refractivity contribution in [1.82, 2.24) is 9.78 Å². The summed E-state index contributed by atoms with van der Waals surface area (Å²) in [6, 6.07) is 15.5. The van der Waals surface area contributed by atoms with E-state index in [1.807, 2.05) is 70.2 Å². The van der Waals surface area contributed by atoms with Crippen LogP contribution in [0.2, 0.25) is 0 Å². The maximum absolute atomic E-state index is 14.8. The summed E-state index contributed by atoms with van der Waals surface area (Å²) in [5.74, 6) is 0.527. The van der Waals surface area contributed by atoms with Crippen LogP contribution in [-0.4, -0.2) is 28.3 Å². The number of carbonyl (C=O) groups excluding carboxylic acids is 1. The van der Waals surface area contributed by atoms with Crippen molar-refractivity contribution < 1.29 is 14.3 Å². The van der Waals surface area contributed by atoms with Gasteiger partial charge in [-0.3, -0.25) is 4.79 Å². The van der Waals surface area contributed by atoms with Crippen LogP contribution in [0.4, 0.5) is 5.69 Å². The van der Waals surface area contributed by atoms with Crippen molar-refractivity contribution in [1.29, 1.82) is 5.26 Å². The Morgan fingerprint density at radius 3 is 2.56 bits per heavy atom. The molecule has 1 atom stereocenters. The maximum atomic E-state index is 14.8. The molecule has 3 aliphatic heterocycles. The summed E-state index contributed by atoms with van der Waals surface area (Å²) in [5.41, 5.74) is 9.44. The van der Waals surface area contributed by atoms with E-state index in [2.05, 4.69) is 12.1 Å². The highest BCUT2D eigenvalue weighted by molar-refractivity contribution is 6.18. The quantitative estimate of drug-likeness (QED) is 0.593. The van der Waals surface area contributed by atoms with Gasteiger partial charge in [-0.15, -0.1) is 0 Å². The third kappa shape index (κ3) is 2.47. The first-order chi connectivity index (χ1) is 17.2. The zero-order chi connectivity index (χ0) is 25.6. The number of nitrogens with two attached hydrogens (primary N) is 1. The normalized spacial score (nSPS) is 21.1. The van der Waals surface area contributed by atoms with Crippen molar-refractivity contribution in [2.75, 3.05) is 12.0 Å². The first kappa shape index (κ1) is 22.0. The number of nitriles is 1. The first-order valence-electron chi connectivity index (χ1n) is 11.7. The number of nitrogens with zero attached hydrogens (tertiary/aromatic N) is 4. The maximum Gasteiger partial charge on any atom is 0.248 e. The summed E-state index contributed by atoms with van der Waals surface area (Å²) in [4.78, 5) is 16.6. The summed E-state index contributed by atoms with van der Waals surface area (Å²) in [7, 11) is 1.59. The minimum Gasteiger partial charge on any atom is -0.497 e. The molecule has 2 N–H and O–H groups in total. The Bertz CT molecular complexity index is 1590. The van der Waals surface area contributed by atoms with E-state index in [9.17, 15) is 10.1 Å². The van der Waals surface area contributed by atoms with Crippen LogP contribution in [0, 0.1) is 18.3 Å². The van der Waals surface area contributed by atoms with Crippen LogP contribution >= 0.6 is 0 Å². The van der Waals surface area contributed by atoms with E-state index in [4.69, 9.17) is 20.3 Å². The molecule has 4 heterocycles. The standard InChI is InChI=1S/C28H25N5O3/c1-15-13-27(3,4)32-23-19(15)11-18(35-5)12-20(23)28(26(32)34)21(14-29)24(30)36-25-22(28)16(2)31-33(25)17-9-7-6-8-10-17/h6-13H,30H2,1-5H3. The molecule has 1 amide bonds. The highest BCUT2D eigenvalue weighted by atomic mass is 16.5. The number of rotatable bonds is 2. The third-order valence-corrected chi connectivity index (χ3v) is 7.38. The van der Waals surface area contributed by atoms with Gasteiger partial charge in [-0.25, -0.2) is 4.68 Å². The van der Waals surface area contributed by atoms with Gasteiger partial charge in [0.05, 0.1) is 35.3 Å². The molecule has 0 bridgehead atoms. The molecule has 1 spiro atoms. The lowest BCUT2D eigenvalue weighted by atomic mass is 9.68. The second-order valence-electron chi connectivity index (χ2n) is 9.91. The van der Waals surface area contributed by atoms with Crippen molar-refractivity contribution >= 4 is 17.2 Å². The van der Waals surface area contributed by atoms with Crippen LogP contribution in [0.25, 0.3) is 11.3 Å². The average Bonchev–Trinajstić information content (AvgIpc) is 3.31. The Hall–Kier alpha value is -4.51. The summed E-state index contributed by atoms with van der Waals surface area (Å²) in [5, 5.41) is 15.2. The SMILES string of the molecule is COc1cc2c3c(c1)C1(C(=O)N3C(C)(C)C=C2C)C(C#N)=C(N)Oc2c1c(C)nn2-c1ccccc1. The van der Waals surface area contributed by atoms with Gasteiger partial charge >= 0.3 is 0 Å². The molecular formula is C28H25N5O3. The Morgan fingerprint density at radius 1 is 1.17 bits per heavy atom. The first-order valence-corrected chi connectivity index (χ1v) is 11.7. The lowest BCUT2D eigenvalue weighted by Crippen LogP contribution is -2.53. The monoisotopic (exact) mass is 479 g/mol. The number of fused-ring (bicyclic) bond motifs is 3. The molecule has 6 rings (SSSR count). The Balaban J connectivity index is 1.78. The van der Waals surface area contributed by atoms with Gasteiger partial charge < -0.3 is 20.1 Å². The highest BCUT2D eigenvalue weighted by Gasteiger charge is 2.64. The zero-order valence-electron chi connectivity index (χ0n) is 20.7. The van der Waals surface area contributed by atoms with Crippen LogP contribution in [0.1, 0.15) is 43.2 Å². The predicted octanol–water partition coefficient (Wildman–Crippen LogP) is 4.10. The molecule has 3 aliphatic rings. The molecule has 1 aromatic heterocycles. The molecule has 0 saturated heterocycles. The van der Waals surface area contributed by atoms with E-state index < -0.39 is 11.0 Å². The van der Waals surface area contributed by atoms with Crippen LogP contribution in [0.15, 0.2) is 60.0 Å². The number of anilines is 1. The molecule has 8 nitrogen and oxygen atoms in total. The van der Waals surface area contributed by atoms with Gasteiger partial charge in [-0.2, -0.15) is 10.4 Å². The molecule has 0 fully saturated rings. The number of methoxy groups -OCH3 is 1. The molecule has 180 valence electrons. The van der Waals surface area contributed by atoms with Gasteiger partial charge in [0.15, 0.2) is 0 Å². The van der Waals surface area contributed by atoms with Crippen molar-refractivity contribution in [3.63, 3.8) is 0 Å². The van der Waals surface area contributed by atoms with Crippen molar-refractivity contribution in [3.05, 3.63) is 82.4 Å². The smallest absolute Gasteiger partial charge is 0.248 e. The lowest BCUT2D eigenvalue weighted by Gasteiger charge is -2.40. The molecule has 36 heavy (non-hydrogen) atoms. The van der Waals surface area contributed by atoms with Crippen molar-refractivity contribution in [2.24, 2.45) is 5.73 Å². The van der Waals surface area contributed by atoms with Gasteiger partial charge in [-0.1, -0.05) is 24.3 Å². The Kier molecular flexibility index (Phi) is 4.28.